The molecule has 0 spiro atoms. The first-order valence-electron chi connectivity index (χ1n) is 4.07. The Kier molecular flexibility index (Phi) is 1.29. The van der Waals surface area contributed by atoms with Crippen molar-refractivity contribution < 1.29 is 4.74 Å². The summed E-state index contributed by atoms with van der Waals surface area (Å²) in [5, 5.41) is 0. The highest BCUT2D eigenvalue weighted by Gasteiger charge is 2.50. The first kappa shape index (κ1) is 6.62. The zero-order valence-corrected chi connectivity index (χ0v) is 6.47. The van der Waals surface area contributed by atoms with Gasteiger partial charge in [0.2, 0.25) is 0 Å². The maximum atomic E-state index is 5.94. The Hall–Kier alpha value is -0.0800. The largest absolute Gasteiger partial charge is 0.377 e. The molecule has 0 aromatic heterocycles. The van der Waals surface area contributed by atoms with Gasteiger partial charge in [0, 0.05) is 13.2 Å². The van der Waals surface area contributed by atoms with E-state index in [0.717, 1.165) is 5.92 Å². The Morgan fingerprint density at radius 3 is 2.70 bits per heavy atom. The monoisotopic (exact) mass is 141 g/mol. The summed E-state index contributed by atoms with van der Waals surface area (Å²) in [6.45, 7) is 0. The molecule has 2 heteroatoms. The lowest BCUT2D eigenvalue weighted by Gasteiger charge is -2.30. The second-order valence-corrected chi connectivity index (χ2v) is 3.72. The lowest BCUT2D eigenvalue weighted by Crippen LogP contribution is -2.44. The van der Waals surface area contributed by atoms with E-state index < -0.39 is 0 Å². The van der Waals surface area contributed by atoms with Crippen LogP contribution in [0.25, 0.3) is 0 Å². The van der Waals surface area contributed by atoms with Gasteiger partial charge in [-0.15, -0.1) is 0 Å². The summed E-state index contributed by atoms with van der Waals surface area (Å²) in [4.78, 5) is 0. The maximum absolute atomic E-state index is 5.94. The van der Waals surface area contributed by atoms with Gasteiger partial charge in [0.1, 0.15) is 0 Å². The average Bonchev–Trinajstić information content (AvgIpc) is 2.44. The van der Waals surface area contributed by atoms with Gasteiger partial charge in [0.25, 0.3) is 0 Å². The first-order valence-corrected chi connectivity index (χ1v) is 4.07. The molecule has 2 N–H and O–H groups in total. The van der Waals surface area contributed by atoms with E-state index in [1.165, 1.54) is 25.7 Å². The van der Waals surface area contributed by atoms with Crippen LogP contribution in [-0.4, -0.2) is 18.8 Å². The molecule has 2 bridgehead atoms. The van der Waals surface area contributed by atoms with E-state index in [0.29, 0.717) is 6.04 Å². The zero-order chi connectivity index (χ0) is 7.19. The maximum Gasteiger partial charge on any atom is 0.0831 e. The summed E-state index contributed by atoms with van der Waals surface area (Å²) in [6, 6.07) is 0.316. The van der Waals surface area contributed by atoms with E-state index in [9.17, 15) is 0 Å². The fourth-order valence-electron chi connectivity index (χ4n) is 2.59. The molecule has 0 aromatic carbocycles. The normalized spacial score (nSPS) is 52.2. The van der Waals surface area contributed by atoms with E-state index in [1.54, 1.807) is 7.11 Å². The zero-order valence-electron chi connectivity index (χ0n) is 6.47. The van der Waals surface area contributed by atoms with Gasteiger partial charge in [0.15, 0.2) is 0 Å². The predicted molar refractivity (Wildman–Crippen MR) is 39.7 cm³/mol. The predicted octanol–water partition coefficient (Wildman–Crippen LogP) is 0.903. The quantitative estimate of drug-likeness (QED) is 0.589. The van der Waals surface area contributed by atoms with Crippen molar-refractivity contribution >= 4 is 0 Å². The molecule has 58 valence electrons. The second-order valence-electron chi connectivity index (χ2n) is 3.72. The van der Waals surface area contributed by atoms with Gasteiger partial charge in [-0.1, -0.05) is 0 Å². The summed E-state index contributed by atoms with van der Waals surface area (Å²) in [7, 11) is 1.80. The minimum atomic E-state index is 0.0880. The van der Waals surface area contributed by atoms with Gasteiger partial charge in [-0.05, 0) is 31.6 Å². The lowest BCUT2D eigenvalue weighted by atomic mass is 9.92. The summed E-state index contributed by atoms with van der Waals surface area (Å²) in [5.74, 6) is 0.870. The van der Waals surface area contributed by atoms with Crippen LogP contribution in [0.4, 0.5) is 0 Å². The van der Waals surface area contributed by atoms with Crippen molar-refractivity contribution in [3.63, 3.8) is 0 Å². The minimum absolute atomic E-state index is 0.0880. The standard InChI is InChI=1S/C8H15NO/c1-10-8-3-2-6(5-8)4-7(8)9/h6-7H,2-5,9H2,1H3/t6-,7+,8+/m1/s1. The number of methoxy groups -OCH3 is 1. The van der Waals surface area contributed by atoms with Gasteiger partial charge < -0.3 is 10.5 Å². The lowest BCUT2D eigenvalue weighted by molar-refractivity contribution is -0.0140. The highest BCUT2D eigenvalue weighted by atomic mass is 16.5. The molecule has 2 fully saturated rings. The molecule has 0 aliphatic heterocycles. The summed E-state index contributed by atoms with van der Waals surface area (Å²) < 4.78 is 5.48. The van der Waals surface area contributed by atoms with Crippen LogP contribution >= 0.6 is 0 Å². The summed E-state index contributed by atoms with van der Waals surface area (Å²) in [5.41, 5.74) is 6.03. The van der Waals surface area contributed by atoms with Crippen LogP contribution in [0.15, 0.2) is 0 Å². The molecule has 2 aliphatic rings. The van der Waals surface area contributed by atoms with Gasteiger partial charge >= 0.3 is 0 Å². The molecule has 0 saturated heterocycles. The fraction of sp³-hybridized carbons (Fsp3) is 1.00. The van der Waals surface area contributed by atoms with Crippen LogP contribution in [0.1, 0.15) is 25.7 Å². The van der Waals surface area contributed by atoms with E-state index >= 15 is 0 Å². The first-order chi connectivity index (χ1) is 4.77. The van der Waals surface area contributed by atoms with E-state index in [-0.39, 0.29) is 5.60 Å². The molecule has 0 aromatic rings. The van der Waals surface area contributed by atoms with Crippen molar-refractivity contribution in [1.29, 1.82) is 0 Å². The van der Waals surface area contributed by atoms with Crippen molar-refractivity contribution in [2.75, 3.05) is 7.11 Å². The van der Waals surface area contributed by atoms with E-state index in [2.05, 4.69) is 0 Å². The number of rotatable bonds is 1. The molecule has 2 aliphatic carbocycles. The Morgan fingerprint density at radius 2 is 2.40 bits per heavy atom. The highest BCUT2D eigenvalue weighted by molar-refractivity contribution is 5.05. The van der Waals surface area contributed by atoms with Crippen LogP contribution in [-0.2, 0) is 4.74 Å². The molecule has 10 heavy (non-hydrogen) atoms. The van der Waals surface area contributed by atoms with Gasteiger partial charge in [0.05, 0.1) is 5.60 Å². The van der Waals surface area contributed by atoms with Crippen molar-refractivity contribution in [3.05, 3.63) is 0 Å². The molecule has 0 radical (unpaired) electrons. The van der Waals surface area contributed by atoms with Crippen molar-refractivity contribution in [2.24, 2.45) is 11.7 Å². The second kappa shape index (κ2) is 1.95. The van der Waals surface area contributed by atoms with Crippen molar-refractivity contribution in [1.82, 2.24) is 0 Å². The van der Waals surface area contributed by atoms with E-state index in [1.807, 2.05) is 0 Å². The smallest absolute Gasteiger partial charge is 0.0831 e. The minimum Gasteiger partial charge on any atom is -0.377 e. The van der Waals surface area contributed by atoms with Gasteiger partial charge in [-0.25, -0.2) is 0 Å². The van der Waals surface area contributed by atoms with Crippen LogP contribution in [0.5, 0.6) is 0 Å². The van der Waals surface area contributed by atoms with Crippen LogP contribution in [0, 0.1) is 5.92 Å². The number of hydrogen-bond acceptors (Lipinski definition) is 2. The van der Waals surface area contributed by atoms with Crippen LogP contribution < -0.4 is 5.73 Å². The average molecular weight is 141 g/mol. The number of hydrogen-bond donors (Lipinski definition) is 1. The highest BCUT2D eigenvalue weighted by Crippen LogP contribution is 2.48. The molecular formula is C8H15NO. The summed E-state index contributed by atoms with van der Waals surface area (Å²) >= 11 is 0. The molecule has 2 nitrogen and oxygen atoms in total. The number of nitrogens with two attached hydrogens (primary N) is 1. The summed E-state index contributed by atoms with van der Waals surface area (Å²) in [6.07, 6.45) is 4.93. The molecule has 2 rings (SSSR count). The van der Waals surface area contributed by atoms with Gasteiger partial charge in [-0.2, -0.15) is 0 Å². The molecule has 0 unspecified atom stereocenters. The number of ether oxygens (including phenoxy) is 1. The van der Waals surface area contributed by atoms with Crippen LogP contribution in [0.3, 0.4) is 0 Å². The van der Waals surface area contributed by atoms with Gasteiger partial charge in [-0.3, -0.25) is 0 Å². The van der Waals surface area contributed by atoms with Crippen molar-refractivity contribution in [3.8, 4) is 0 Å². The third kappa shape index (κ3) is 0.663. The van der Waals surface area contributed by atoms with Crippen molar-refractivity contribution in [2.45, 2.75) is 37.3 Å². The third-order valence-corrected chi connectivity index (χ3v) is 3.28. The molecule has 0 amide bonds. The Balaban J connectivity index is 2.19. The SMILES string of the molecule is CO[C@]12CC[C@H](C[C@@H]1N)C2. The third-order valence-electron chi connectivity index (χ3n) is 3.28. The van der Waals surface area contributed by atoms with Crippen LogP contribution in [0.2, 0.25) is 0 Å². The molecule has 0 heterocycles. The number of fused-ring (bicyclic) bond motifs is 2. The Morgan fingerprint density at radius 1 is 1.60 bits per heavy atom. The molecule has 2 saturated carbocycles. The van der Waals surface area contributed by atoms with E-state index in [4.69, 9.17) is 10.5 Å². The fourth-order valence-corrected chi connectivity index (χ4v) is 2.59. The topological polar surface area (TPSA) is 35.2 Å². The Bertz CT molecular complexity index is 148. The Labute approximate surface area is 61.7 Å². The molecule has 3 atom stereocenters. The molecular weight excluding hydrogens is 126 g/mol.